The smallest absolute Gasteiger partial charge is 1.00 e. The first-order valence-corrected chi connectivity index (χ1v) is 12.2. The number of carboxylic acid groups (broad SMARTS) is 1. The van der Waals surface area contributed by atoms with E-state index in [-0.39, 0.29) is 65.2 Å². The summed E-state index contributed by atoms with van der Waals surface area (Å²) in [7, 11) is 0. The van der Waals surface area contributed by atoms with Crippen LogP contribution in [0.4, 0.5) is 0 Å². The van der Waals surface area contributed by atoms with Crippen molar-refractivity contribution >= 4 is 18.4 Å². The van der Waals surface area contributed by atoms with Crippen molar-refractivity contribution in [1.82, 2.24) is 0 Å². The number of aromatic nitrogens is 1. The van der Waals surface area contributed by atoms with Crippen LogP contribution in [0.1, 0.15) is 105 Å². The molecule has 1 heterocycles. The maximum absolute atomic E-state index is 9.75. The molecule has 0 saturated heterocycles. The van der Waals surface area contributed by atoms with Crippen LogP contribution >= 0.6 is 12.4 Å². The molecule has 0 spiro atoms. The van der Waals surface area contributed by atoms with Crippen LogP contribution in [-0.4, -0.2) is 11.1 Å². The Morgan fingerprint density at radius 1 is 0.781 bits per heavy atom. The summed E-state index contributed by atoms with van der Waals surface area (Å²) >= 11 is 0. The van der Waals surface area contributed by atoms with E-state index >= 15 is 0 Å². The summed E-state index contributed by atoms with van der Waals surface area (Å²) < 4.78 is 2.29. The Bertz CT molecular complexity index is 556. The third-order valence-corrected chi connectivity index (χ3v) is 5.09. The zero-order valence-electron chi connectivity index (χ0n) is 22.0. The Morgan fingerprint density at radius 2 is 1.22 bits per heavy atom. The molecule has 1 aromatic heterocycles. The number of carbonyl (C=O) groups is 1. The summed E-state index contributed by atoms with van der Waals surface area (Å²) in [5.74, 6) is -0.914. The number of halogens is 1. The predicted molar refractivity (Wildman–Crippen MR) is 137 cm³/mol. The summed E-state index contributed by atoms with van der Waals surface area (Å²) in [5.41, 5.74) is 0. The van der Waals surface area contributed by atoms with Gasteiger partial charge in [-0.25, -0.2) is 9.36 Å². The zero-order valence-corrected chi connectivity index (χ0v) is 25.0. The Morgan fingerprint density at radius 3 is 1.62 bits per heavy atom. The summed E-state index contributed by atoms with van der Waals surface area (Å²) in [5, 5.41) is 8.02. The van der Waals surface area contributed by atoms with E-state index in [1.165, 1.54) is 103 Å². The molecule has 3 nitrogen and oxygen atoms in total. The summed E-state index contributed by atoms with van der Waals surface area (Å²) in [6.45, 7) is 5.30. The maximum Gasteiger partial charge on any atom is 1.00 e. The first-order chi connectivity index (χ1) is 14.7. The third-order valence-electron chi connectivity index (χ3n) is 5.09. The number of allylic oxidation sites excluding steroid dienone is 3. The fourth-order valence-corrected chi connectivity index (χ4v) is 3.32. The van der Waals surface area contributed by atoms with Gasteiger partial charge in [0, 0.05) is 24.6 Å². The average molecular weight is 493 g/mol. The molecule has 1 aromatic rings. The number of hydrogen-bond acceptors (Lipinski definition) is 1. The first kappa shape index (κ1) is 36.6. The number of carboxylic acids is 1. The summed E-state index contributed by atoms with van der Waals surface area (Å²) in [4.78, 5) is 9.75. The van der Waals surface area contributed by atoms with Gasteiger partial charge in [-0.3, -0.25) is 0 Å². The van der Waals surface area contributed by atoms with Crippen LogP contribution in [0.2, 0.25) is 0 Å². The van der Waals surface area contributed by atoms with Gasteiger partial charge in [0.1, 0.15) is 6.54 Å². The maximum atomic E-state index is 9.75. The standard InChI is InChI=1S/C21H38N.C6H8O2.ClH.K.H/c1-2-3-4-5-6-7-8-9-10-11-12-13-14-16-19-22-20-17-15-18-21-22;1-2-3-4-5-6(7)8;;;/h15,17-18,20-21H,2-14,16,19H2,1H3;2-5H,1H3,(H,7,8);1H;;/q+1;;;+1;-1/b;3-2+,5-4+;;;. The molecule has 0 aliphatic carbocycles. The van der Waals surface area contributed by atoms with Gasteiger partial charge in [-0.05, 0) is 13.3 Å². The largest absolute Gasteiger partial charge is 1.00 e. The second kappa shape index (κ2) is 31.0. The van der Waals surface area contributed by atoms with Crippen molar-refractivity contribution < 1.29 is 67.3 Å². The van der Waals surface area contributed by atoms with Gasteiger partial charge in [0.2, 0.25) is 0 Å². The van der Waals surface area contributed by atoms with E-state index in [1.54, 1.807) is 12.2 Å². The van der Waals surface area contributed by atoms with Crippen LogP contribution in [0.25, 0.3) is 0 Å². The second-order valence-corrected chi connectivity index (χ2v) is 7.93. The number of nitrogens with zero attached hydrogens (tertiary/aromatic N) is 1. The van der Waals surface area contributed by atoms with E-state index in [0.717, 1.165) is 6.08 Å². The number of unbranched alkanes of at least 4 members (excludes halogenated alkanes) is 13. The second-order valence-electron chi connectivity index (χ2n) is 7.93. The Hall–Kier alpha value is 0.0264. The minimum absolute atomic E-state index is 0. The molecular formula is C27H48ClKNO2+. The van der Waals surface area contributed by atoms with Crippen molar-refractivity contribution in [1.29, 1.82) is 0 Å². The van der Waals surface area contributed by atoms with Crippen molar-refractivity contribution in [2.45, 2.75) is 110 Å². The Labute approximate surface area is 248 Å². The van der Waals surface area contributed by atoms with E-state index in [4.69, 9.17) is 5.11 Å². The number of hydrogen-bond donors (Lipinski definition) is 1. The molecule has 0 aliphatic heterocycles. The van der Waals surface area contributed by atoms with Gasteiger partial charge in [0.05, 0.1) is 0 Å². The van der Waals surface area contributed by atoms with E-state index in [0.29, 0.717) is 0 Å². The van der Waals surface area contributed by atoms with Gasteiger partial charge in [0.25, 0.3) is 0 Å². The molecule has 0 aliphatic rings. The fraction of sp³-hybridized carbons (Fsp3) is 0.630. The number of rotatable bonds is 17. The minimum Gasteiger partial charge on any atom is -1.00 e. The Kier molecular flexibility index (Phi) is 35.5. The van der Waals surface area contributed by atoms with Crippen molar-refractivity contribution in [2.24, 2.45) is 0 Å². The summed E-state index contributed by atoms with van der Waals surface area (Å²) in [6.07, 6.45) is 30.4. The van der Waals surface area contributed by atoms with Gasteiger partial charge in [0.15, 0.2) is 12.4 Å². The molecule has 0 atom stereocenters. The van der Waals surface area contributed by atoms with Crippen molar-refractivity contribution in [3.05, 3.63) is 54.9 Å². The molecule has 0 amide bonds. The van der Waals surface area contributed by atoms with E-state index in [2.05, 4.69) is 42.1 Å². The molecule has 5 heteroatoms. The van der Waals surface area contributed by atoms with Gasteiger partial charge < -0.3 is 6.53 Å². The summed E-state index contributed by atoms with van der Waals surface area (Å²) in [6, 6.07) is 6.31. The normalized spacial score (nSPS) is 10.3. The number of aliphatic carboxylic acids is 1. The van der Waals surface area contributed by atoms with Crippen LogP contribution in [0.15, 0.2) is 54.9 Å². The van der Waals surface area contributed by atoms with Crippen LogP contribution < -0.4 is 56.0 Å². The molecule has 1 N–H and O–H groups in total. The molecule has 32 heavy (non-hydrogen) atoms. The molecule has 180 valence electrons. The number of pyridine rings is 1. The van der Waals surface area contributed by atoms with E-state index in [9.17, 15) is 4.79 Å². The van der Waals surface area contributed by atoms with Gasteiger partial charge in [-0.1, -0.05) is 108 Å². The third kappa shape index (κ3) is 30.0. The zero-order chi connectivity index (χ0) is 22.1. The Balaban J connectivity index is -0.000000331. The van der Waals surface area contributed by atoms with Gasteiger partial charge >= 0.3 is 57.4 Å². The molecule has 0 radical (unpaired) electrons. The van der Waals surface area contributed by atoms with Crippen LogP contribution in [0.3, 0.4) is 0 Å². The van der Waals surface area contributed by atoms with Crippen molar-refractivity contribution in [3.8, 4) is 0 Å². The topological polar surface area (TPSA) is 41.2 Å². The fourth-order valence-electron chi connectivity index (χ4n) is 3.32. The van der Waals surface area contributed by atoms with Gasteiger partial charge in [-0.15, -0.1) is 12.4 Å². The van der Waals surface area contributed by atoms with Crippen LogP contribution in [-0.2, 0) is 11.3 Å². The van der Waals surface area contributed by atoms with Crippen LogP contribution in [0, 0.1) is 0 Å². The molecule has 0 fully saturated rings. The van der Waals surface area contributed by atoms with E-state index in [1.807, 2.05) is 6.92 Å². The SMILES string of the molecule is C/C=C/C=C/C(=O)O.CCCCCCCCCCCCCCCC[n+]1ccccc1.Cl.[H-].[K+]. The molecule has 1 rings (SSSR count). The van der Waals surface area contributed by atoms with Crippen molar-refractivity contribution in [3.63, 3.8) is 0 Å². The van der Waals surface area contributed by atoms with E-state index < -0.39 is 5.97 Å². The molecule has 0 aromatic carbocycles. The van der Waals surface area contributed by atoms with Gasteiger partial charge in [-0.2, -0.15) is 0 Å². The number of aryl methyl sites for hydroxylation is 1. The quantitative estimate of drug-likeness (QED) is 0.107. The molecule has 0 bridgehead atoms. The van der Waals surface area contributed by atoms with Crippen LogP contribution in [0.5, 0.6) is 0 Å². The predicted octanol–water partition coefficient (Wildman–Crippen LogP) is 5.20. The molecule has 0 saturated carbocycles. The van der Waals surface area contributed by atoms with Crippen molar-refractivity contribution in [2.75, 3.05) is 0 Å². The monoisotopic (exact) mass is 492 g/mol. The minimum atomic E-state index is -0.914. The molecular weight excluding hydrogens is 445 g/mol. The first-order valence-electron chi connectivity index (χ1n) is 12.2. The average Bonchev–Trinajstić information content (AvgIpc) is 2.75. The molecule has 0 unspecified atom stereocenters.